The first-order valence-electron chi connectivity index (χ1n) is 6.88. The molecule has 0 aromatic rings. The van der Waals surface area contributed by atoms with E-state index in [1.54, 1.807) is 6.92 Å². The highest BCUT2D eigenvalue weighted by Gasteiger charge is 2.07. The Morgan fingerprint density at radius 1 is 1.26 bits per heavy atom. The zero-order valence-electron chi connectivity index (χ0n) is 13.4. The van der Waals surface area contributed by atoms with Gasteiger partial charge in [0.25, 0.3) is 0 Å². The van der Waals surface area contributed by atoms with Crippen LogP contribution in [-0.2, 0) is 9.59 Å². The number of hydrogen-bond donors (Lipinski definition) is 0. The molecule has 0 aromatic carbocycles. The van der Waals surface area contributed by atoms with Gasteiger partial charge in [-0.05, 0) is 52.8 Å². The van der Waals surface area contributed by atoms with E-state index < -0.39 is 0 Å². The van der Waals surface area contributed by atoms with Crippen LogP contribution in [0.1, 0.15) is 47.0 Å². The monoisotopic (exact) mass is 267 g/mol. The molecular weight excluding hydrogens is 238 g/mol. The minimum Gasteiger partial charge on any atom is -0.305 e. The van der Waals surface area contributed by atoms with Crippen molar-refractivity contribution in [2.75, 3.05) is 20.6 Å². The van der Waals surface area contributed by atoms with Crippen LogP contribution < -0.4 is 0 Å². The fourth-order valence-electron chi connectivity index (χ4n) is 1.48. The SMILES string of the molecule is C=C(CN(C)C)C(C)=O.CC.CC(=O)C1=CCCC1. The zero-order valence-corrected chi connectivity index (χ0v) is 13.4. The number of carbonyl (C=O) groups excluding carboxylic acids is 2. The highest BCUT2D eigenvalue weighted by atomic mass is 16.1. The van der Waals surface area contributed by atoms with Crippen molar-refractivity contribution >= 4 is 11.6 Å². The van der Waals surface area contributed by atoms with Crippen molar-refractivity contribution < 1.29 is 9.59 Å². The number of hydrogen-bond acceptors (Lipinski definition) is 3. The van der Waals surface area contributed by atoms with Gasteiger partial charge >= 0.3 is 0 Å². The van der Waals surface area contributed by atoms with E-state index in [9.17, 15) is 9.59 Å². The molecule has 0 amide bonds. The lowest BCUT2D eigenvalue weighted by atomic mass is 10.2. The highest BCUT2D eigenvalue weighted by molar-refractivity contribution is 5.93. The van der Waals surface area contributed by atoms with E-state index in [1.165, 1.54) is 13.3 Å². The fraction of sp³-hybridized carbons (Fsp3) is 0.625. The van der Waals surface area contributed by atoms with Crippen molar-refractivity contribution in [1.29, 1.82) is 0 Å². The number of Topliss-reactive ketones (excluding diaryl/α,β-unsaturated/α-hetero) is 2. The molecule has 0 atom stereocenters. The third kappa shape index (κ3) is 11.6. The quantitative estimate of drug-likeness (QED) is 0.733. The Labute approximate surface area is 118 Å². The predicted octanol–water partition coefficient (Wildman–Crippen LogP) is 3.41. The van der Waals surface area contributed by atoms with E-state index in [2.05, 4.69) is 6.58 Å². The van der Waals surface area contributed by atoms with Gasteiger partial charge in [-0.25, -0.2) is 0 Å². The molecular formula is C16H29NO2. The molecule has 0 heterocycles. The smallest absolute Gasteiger partial charge is 0.156 e. The molecule has 0 N–H and O–H groups in total. The molecule has 0 saturated heterocycles. The second-order valence-corrected chi connectivity index (χ2v) is 4.58. The predicted molar refractivity (Wildman–Crippen MR) is 82.3 cm³/mol. The maximum Gasteiger partial charge on any atom is 0.156 e. The Morgan fingerprint density at radius 3 is 1.95 bits per heavy atom. The molecule has 0 bridgehead atoms. The number of carbonyl (C=O) groups is 2. The second kappa shape index (κ2) is 11.8. The highest BCUT2D eigenvalue weighted by Crippen LogP contribution is 2.17. The summed E-state index contributed by atoms with van der Waals surface area (Å²) < 4.78 is 0. The molecule has 0 aromatic heterocycles. The van der Waals surface area contributed by atoms with Crippen molar-refractivity contribution in [2.24, 2.45) is 0 Å². The van der Waals surface area contributed by atoms with Gasteiger partial charge in [0.1, 0.15) is 0 Å². The van der Waals surface area contributed by atoms with Crippen molar-refractivity contribution in [3.63, 3.8) is 0 Å². The molecule has 19 heavy (non-hydrogen) atoms. The molecule has 1 aliphatic carbocycles. The van der Waals surface area contributed by atoms with Gasteiger partial charge in [-0.3, -0.25) is 9.59 Å². The van der Waals surface area contributed by atoms with Crippen LogP contribution in [-0.4, -0.2) is 37.1 Å². The lowest BCUT2D eigenvalue weighted by Crippen LogP contribution is -2.17. The minimum atomic E-state index is 0.0729. The molecule has 0 aliphatic heterocycles. The van der Waals surface area contributed by atoms with E-state index >= 15 is 0 Å². The van der Waals surface area contributed by atoms with Crippen molar-refractivity contribution in [1.82, 2.24) is 4.90 Å². The molecule has 0 spiro atoms. The minimum absolute atomic E-state index is 0.0729. The molecule has 3 heteroatoms. The zero-order chi connectivity index (χ0) is 15.4. The first kappa shape index (κ1) is 20.1. The maximum absolute atomic E-state index is 10.6. The van der Waals surface area contributed by atoms with Gasteiger partial charge in [0.05, 0.1) is 0 Å². The molecule has 110 valence electrons. The summed E-state index contributed by atoms with van der Waals surface area (Å²) in [4.78, 5) is 23.1. The molecule has 0 radical (unpaired) electrons. The Kier molecular flexibility index (Phi) is 12.5. The normalized spacial score (nSPS) is 12.7. The van der Waals surface area contributed by atoms with Crippen LogP contribution in [0.3, 0.4) is 0 Å². The van der Waals surface area contributed by atoms with Gasteiger partial charge in [0, 0.05) is 12.1 Å². The van der Waals surface area contributed by atoms with Crippen LogP contribution in [0.15, 0.2) is 23.8 Å². The summed E-state index contributed by atoms with van der Waals surface area (Å²) in [5, 5.41) is 0. The van der Waals surface area contributed by atoms with E-state index in [-0.39, 0.29) is 11.6 Å². The largest absolute Gasteiger partial charge is 0.305 e. The third-order valence-electron chi connectivity index (χ3n) is 2.50. The Balaban J connectivity index is 0. The van der Waals surface area contributed by atoms with E-state index in [4.69, 9.17) is 0 Å². The molecule has 3 nitrogen and oxygen atoms in total. The lowest BCUT2D eigenvalue weighted by molar-refractivity contribution is -0.114. The van der Waals surface area contributed by atoms with Gasteiger partial charge in [-0.2, -0.15) is 0 Å². The first-order chi connectivity index (χ1) is 8.84. The van der Waals surface area contributed by atoms with E-state index in [0.29, 0.717) is 12.1 Å². The average Bonchev–Trinajstić information content (AvgIpc) is 2.85. The summed E-state index contributed by atoms with van der Waals surface area (Å²) in [6.07, 6.45) is 5.33. The van der Waals surface area contributed by atoms with Crippen LogP contribution in [0.25, 0.3) is 0 Å². The molecule has 0 unspecified atom stereocenters. The number of allylic oxidation sites excluding steroid dienone is 2. The molecule has 1 rings (SSSR count). The fourth-order valence-corrected chi connectivity index (χ4v) is 1.48. The summed E-state index contributed by atoms with van der Waals surface area (Å²) in [5.41, 5.74) is 1.70. The van der Waals surface area contributed by atoms with Gasteiger partial charge in [0.2, 0.25) is 0 Å². The van der Waals surface area contributed by atoms with Gasteiger partial charge in [0.15, 0.2) is 11.6 Å². The summed E-state index contributed by atoms with van der Waals surface area (Å²) >= 11 is 0. The van der Waals surface area contributed by atoms with E-state index in [0.717, 1.165) is 18.4 Å². The number of ketones is 2. The second-order valence-electron chi connectivity index (χ2n) is 4.58. The first-order valence-corrected chi connectivity index (χ1v) is 6.88. The van der Waals surface area contributed by atoms with Crippen LogP contribution >= 0.6 is 0 Å². The van der Waals surface area contributed by atoms with Crippen molar-refractivity contribution in [2.45, 2.75) is 47.0 Å². The molecule has 1 aliphatic rings. The maximum atomic E-state index is 10.6. The average molecular weight is 267 g/mol. The molecule has 0 saturated carbocycles. The summed E-state index contributed by atoms with van der Waals surface area (Å²) in [5.74, 6) is 0.325. The summed E-state index contributed by atoms with van der Waals surface area (Å²) in [7, 11) is 3.82. The van der Waals surface area contributed by atoms with Gasteiger partial charge in [-0.15, -0.1) is 0 Å². The van der Waals surface area contributed by atoms with Crippen LogP contribution in [0.2, 0.25) is 0 Å². The Morgan fingerprint density at radius 2 is 1.79 bits per heavy atom. The van der Waals surface area contributed by atoms with Crippen LogP contribution in [0.5, 0.6) is 0 Å². The molecule has 0 fully saturated rings. The summed E-state index contributed by atoms with van der Waals surface area (Å²) in [6.45, 7) is 11.4. The van der Waals surface area contributed by atoms with E-state index in [1.807, 2.05) is 38.9 Å². The summed E-state index contributed by atoms with van der Waals surface area (Å²) in [6, 6.07) is 0. The Bertz CT molecular complexity index is 328. The number of rotatable bonds is 4. The van der Waals surface area contributed by atoms with Gasteiger partial charge < -0.3 is 4.90 Å². The Hall–Kier alpha value is -1.22. The van der Waals surface area contributed by atoms with Crippen molar-refractivity contribution in [3.05, 3.63) is 23.8 Å². The van der Waals surface area contributed by atoms with Crippen LogP contribution in [0.4, 0.5) is 0 Å². The topological polar surface area (TPSA) is 37.4 Å². The van der Waals surface area contributed by atoms with Crippen LogP contribution in [0, 0.1) is 0 Å². The van der Waals surface area contributed by atoms with Crippen molar-refractivity contribution in [3.8, 4) is 0 Å². The number of nitrogens with zero attached hydrogens (tertiary/aromatic N) is 1. The standard InChI is InChI=1S/C7H13NO.C7H10O.C2H6/c1-6(7(2)9)5-8(3)4;1-6(8)7-4-2-3-5-7;1-2/h1,5H2,2-4H3;4H,2-3,5H2,1H3;1-2H3. The lowest BCUT2D eigenvalue weighted by Gasteiger charge is -2.08. The third-order valence-corrected chi connectivity index (χ3v) is 2.50. The van der Waals surface area contributed by atoms with Gasteiger partial charge in [-0.1, -0.05) is 26.5 Å². The number of likely N-dealkylation sites (N-methyl/N-ethyl adjacent to an activating group) is 1.